The summed E-state index contributed by atoms with van der Waals surface area (Å²) in [5, 5.41) is 0.438. The van der Waals surface area contributed by atoms with Crippen molar-refractivity contribution in [1.82, 2.24) is 4.98 Å². The molecule has 0 aliphatic heterocycles. The van der Waals surface area contributed by atoms with E-state index in [-0.39, 0.29) is 11.1 Å². The second kappa shape index (κ2) is 3.53. The van der Waals surface area contributed by atoms with Crippen LogP contribution in [0.4, 0.5) is 13.2 Å². The molecule has 0 radical (unpaired) electrons. The molecule has 0 unspecified atom stereocenters. The summed E-state index contributed by atoms with van der Waals surface area (Å²) in [7, 11) is 0. The van der Waals surface area contributed by atoms with Crippen LogP contribution >= 0.6 is 0 Å². The van der Waals surface area contributed by atoms with Crippen molar-refractivity contribution < 1.29 is 13.2 Å². The third-order valence-electron chi connectivity index (χ3n) is 2.29. The summed E-state index contributed by atoms with van der Waals surface area (Å²) in [6.45, 7) is 1.73. The maximum atomic E-state index is 13.1. The summed E-state index contributed by atoms with van der Waals surface area (Å²) in [4.78, 5) is 3.86. The Balaban J connectivity index is 2.86. The molecule has 0 aliphatic carbocycles. The van der Waals surface area contributed by atoms with Crippen LogP contribution in [0.1, 0.15) is 17.6 Å². The number of rotatable bonds is 1. The van der Waals surface area contributed by atoms with Gasteiger partial charge in [-0.25, -0.2) is 13.2 Å². The van der Waals surface area contributed by atoms with Crippen molar-refractivity contribution in [2.75, 3.05) is 0 Å². The molecular weight excluding hydrogens is 203 g/mol. The number of fused-ring (bicyclic) bond motifs is 1. The minimum atomic E-state index is -2.71. The topological polar surface area (TPSA) is 12.9 Å². The van der Waals surface area contributed by atoms with Crippen molar-refractivity contribution in [3.05, 3.63) is 41.3 Å². The van der Waals surface area contributed by atoms with Gasteiger partial charge < -0.3 is 0 Å². The minimum Gasteiger partial charge on any atom is -0.256 e. The van der Waals surface area contributed by atoms with Crippen LogP contribution in [0.15, 0.2) is 24.4 Å². The van der Waals surface area contributed by atoms with E-state index in [4.69, 9.17) is 0 Å². The summed E-state index contributed by atoms with van der Waals surface area (Å²) in [5.74, 6) is -0.658. The normalized spacial score (nSPS) is 11.3. The highest BCUT2D eigenvalue weighted by molar-refractivity contribution is 5.84. The van der Waals surface area contributed by atoms with Crippen LogP contribution in [-0.2, 0) is 0 Å². The van der Waals surface area contributed by atoms with Crippen LogP contribution in [0.3, 0.4) is 0 Å². The van der Waals surface area contributed by atoms with Crippen molar-refractivity contribution in [1.29, 1.82) is 0 Å². The quantitative estimate of drug-likeness (QED) is 0.702. The largest absolute Gasteiger partial charge is 0.266 e. The highest BCUT2D eigenvalue weighted by Gasteiger charge is 2.15. The standard InChI is InChI=1S/C11H8F3N/c1-6-2-3-15-10-8(6)4-7(12)5-9(10)11(13)14/h2-5,11H,1H3. The molecule has 2 aromatic rings. The second-order valence-corrected chi connectivity index (χ2v) is 3.32. The maximum absolute atomic E-state index is 13.1. The van der Waals surface area contributed by atoms with Crippen molar-refractivity contribution >= 4 is 10.9 Å². The average Bonchev–Trinajstić information content (AvgIpc) is 2.18. The number of aryl methyl sites for hydroxylation is 1. The molecule has 0 saturated carbocycles. The smallest absolute Gasteiger partial charge is 0.256 e. The minimum absolute atomic E-state index is 0.173. The molecule has 2 rings (SSSR count). The molecule has 78 valence electrons. The van der Waals surface area contributed by atoms with Gasteiger partial charge in [0, 0.05) is 17.1 Å². The predicted molar refractivity (Wildman–Crippen MR) is 51.4 cm³/mol. The monoisotopic (exact) mass is 211 g/mol. The maximum Gasteiger partial charge on any atom is 0.266 e. The SMILES string of the molecule is Cc1ccnc2c(C(F)F)cc(F)cc12. The first-order valence-electron chi connectivity index (χ1n) is 4.42. The number of alkyl halides is 2. The molecule has 0 atom stereocenters. The summed E-state index contributed by atoms with van der Waals surface area (Å²) < 4.78 is 38.3. The van der Waals surface area contributed by atoms with E-state index in [9.17, 15) is 13.2 Å². The summed E-state index contributed by atoms with van der Waals surface area (Å²) in [5.41, 5.74) is 0.557. The van der Waals surface area contributed by atoms with Gasteiger partial charge in [-0.3, -0.25) is 4.98 Å². The van der Waals surface area contributed by atoms with Gasteiger partial charge >= 0.3 is 0 Å². The van der Waals surface area contributed by atoms with Crippen LogP contribution < -0.4 is 0 Å². The zero-order chi connectivity index (χ0) is 11.0. The molecule has 0 spiro atoms. The lowest BCUT2D eigenvalue weighted by Crippen LogP contribution is -1.93. The molecule has 0 amide bonds. The number of pyridine rings is 1. The van der Waals surface area contributed by atoms with Crippen LogP contribution in [0.25, 0.3) is 10.9 Å². The van der Waals surface area contributed by atoms with Crippen molar-refractivity contribution in [3.63, 3.8) is 0 Å². The first-order chi connectivity index (χ1) is 7.09. The second-order valence-electron chi connectivity index (χ2n) is 3.32. The molecule has 1 heterocycles. The molecule has 0 fully saturated rings. The van der Waals surface area contributed by atoms with Gasteiger partial charge in [0.25, 0.3) is 6.43 Å². The van der Waals surface area contributed by atoms with E-state index in [1.807, 2.05) is 0 Å². The van der Waals surface area contributed by atoms with Crippen LogP contribution in [0, 0.1) is 12.7 Å². The molecule has 1 nitrogen and oxygen atoms in total. The number of halogens is 3. The Morgan fingerprint density at radius 1 is 1.27 bits per heavy atom. The number of hydrogen-bond acceptors (Lipinski definition) is 1. The van der Waals surface area contributed by atoms with Crippen molar-refractivity contribution in [2.45, 2.75) is 13.3 Å². The fraction of sp³-hybridized carbons (Fsp3) is 0.182. The van der Waals surface area contributed by atoms with Crippen molar-refractivity contribution in [3.8, 4) is 0 Å². The zero-order valence-electron chi connectivity index (χ0n) is 7.97. The van der Waals surface area contributed by atoms with Gasteiger partial charge in [-0.1, -0.05) is 0 Å². The van der Waals surface area contributed by atoms with E-state index in [2.05, 4.69) is 4.98 Å². The Morgan fingerprint density at radius 3 is 2.67 bits per heavy atom. The lowest BCUT2D eigenvalue weighted by molar-refractivity contribution is 0.152. The van der Waals surface area contributed by atoms with Gasteiger partial charge in [0.2, 0.25) is 0 Å². The van der Waals surface area contributed by atoms with Crippen LogP contribution in [0.5, 0.6) is 0 Å². The van der Waals surface area contributed by atoms with Gasteiger partial charge in [0.1, 0.15) is 5.82 Å². The Labute approximate surface area is 84.6 Å². The van der Waals surface area contributed by atoms with Crippen LogP contribution in [-0.4, -0.2) is 4.98 Å². The lowest BCUT2D eigenvalue weighted by atomic mass is 10.1. The summed E-state index contributed by atoms with van der Waals surface area (Å²) >= 11 is 0. The van der Waals surface area contributed by atoms with Gasteiger partial charge in [-0.05, 0) is 30.7 Å². The Bertz CT molecular complexity index is 508. The fourth-order valence-corrected chi connectivity index (χ4v) is 1.54. The van der Waals surface area contributed by atoms with Gasteiger partial charge in [-0.2, -0.15) is 0 Å². The Kier molecular flexibility index (Phi) is 2.34. The highest BCUT2D eigenvalue weighted by atomic mass is 19.3. The highest BCUT2D eigenvalue weighted by Crippen LogP contribution is 2.28. The molecule has 0 bridgehead atoms. The number of hydrogen-bond donors (Lipinski definition) is 0. The van der Waals surface area contributed by atoms with E-state index in [0.717, 1.165) is 11.6 Å². The number of aromatic nitrogens is 1. The van der Waals surface area contributed by atoms with E-state index < -0.39 is 12.2 Å². The molecule has 1 aromatic carbocycles. The van der Waals surface area contributed by atoms with E-state index in [0.29, 0.717) is 5.39 Å². The summed E-state index contributed by atoms with van der Waals surface area (Å²) in [6, 6.07) is 3.72. The summed E-state index contributed by atoms with van der Waals surface area (Å²) in [6.07, 6.45) is -1.26. The fourth-order valence-electron chi connectivity index (χ4n) is 1.54. The third kappa shape index (κ3) is 1.67. The lowest BCUT2D eigenvalue weighted by Gasteiger charge is -2.06. The number of benzene rings is 1. The Hall–Kier alpha value is -1.58. The molecule has 1 aromatic heterocycles. The predicted octanol–water partition coefficient (Wildman–Crippen LogP) is 3.62. The molecule has 0 N–H and O–H groups in total. The number of nitrogens with zero attached hydrogens (tertiary/aromatic N) is 1. The van der Waals surface area contributed by atoms with Crippen LogP contribution in [0.2, 0.25) is 0 Å². The Morgan fingerprint density at radius 2 is 2.00 bits per heavy atom. The molecule has 0 saturated heterocycles. The van der Waals surface area contributed by atoms with E-state index in [1.54, 1.807) is 13.0 Å². The van der Waals surface area contributed by atoms with Gasteiger partial charge in [0.15, 0.2) is 0 Å². The average molecular weight is 211 g/mol. The van der Waals surface area contributed by atoms with Gasteiger partial charge in [-0.15, -0.1) is 0 Å². The first-order valence-corrected chi connectivity index (χ1v) is 4.42. The molecule has 0 aliphatic rings. The van der Waals surface area contributed by atoms with Crippen molar-refractivity contribution in [2.24, 2.45) is 0 Å². The molecular formula is C11H8F3N. The molecule has 15 heavy (non-hydrogen) atoms. The first kappa shape index (κ1) is 9.96. The van der Waals surface area contributed by atoms with E-state index >= 15 is 0 Å². The van der Waals surface area contributed by atoms with E-state index in [1.165, 1.54) is 12.3 Å². The zero-order valence-corrected chi connectivity index (χ0v) is 7.97. The third-order valence-corrected chi connectivity index (χ3v) is 2.29. The molecule has 4 heteroatoms. The van der Waals surface area contributed by atoms with Gasteiger partial charge in [0.05, 0.1) is 5.52 Å².